The van der Waals surface area contributed by atoms with Crippen LogP contribution in [0, 0.1) is 6.92 Å². The number of nitrogens with two attached hydrogens (primary N) is 1. The normalized spacial score (nSPS) is 13.7. The standard InChI is InChI=1S/C12H19NO2S/c1-10-5-3-6-11(9-10)12(13)7-4-8-16(2,14)15/h3,5-6,9,12H,4,7-8,13H2,1-2H3. The minimum atomic E-state index is -2.87. The van der Waals surface area contributed by atoms with Gasteiger partial charge in [0.05, 0.1) is 0 Å². The van der Waals surface area contributed by atoms with E-state index in [1.807, 2.05) is 31.2 Å². The Morgan fingerprint density at radius 2 is 2.06 bits per heavy atom. The Hall–Kier alpha value is -0.870. The lowest BCUT2D eigenvalue weighted by Crippen LogP contribution is -2.12. The molecule has 0 radical (unpaired) electrons. The SMILES string of the molecule is Cc1cccc(C(N)CCCS(C)(=O)=O)c1. The van der Waals surface area contributed by atoms with E-state index in [4.69, 9.17) is 5.73 Å². The molecule has 2 N–H and O–H groups in total. The van der Waals surface area contributed by atoms with Gasteiger partial charge in [-0.25, -0.2) is 8.42 Å². The third-order valence-corrected chi connectivity index (χ3v) is 3.53. The highest BCUT2D eigenvalue weighted by atomic mass is 32.2. The van der Waals surface area contributed by atoms with Crippen LogP contribution in [0.5, 0.6) is 0 Å². The van der Waals surface area contributed by atoms with Crippen molar-refractivity contribution in [3.8, 4) is 0 Å². The van der Waals surface area contributed by atoms with Gasteiger partial charge in [0.2, 0.25) is 0 Å². The summed E-state index contributed by atoms with van der Waals surface area (Å²) in [5.41, 5.74) is 8.25. The maximum absolute atomic E-state index is 11.0. The van der Waals surface area contributed by atoms with Gasteiger partial charge in [-0.05, 0) is 25.3 Å². The lowest BCUT2D eigenvalue weighted by Gasteiger charge is -2.12. The van der Waals surface area contributed by atoms with Gasteiger partial charge in [0, 0.05) is 18.1 Å². The van der Waals surface area contributed by atoms with Crippen molar-refractivity contribution in [2.45, 2.75) is 25.8 Å². The molecule has 1 aromatic carbocycles. The van der Waals surface area contributed by atoms with E-state index in [0.29, 0.717) is 12.8 Å². The number of rotatable bonds is 5. The van der Waals surface area contributed by atoms with E-state index in [2.05, 4.69) is 0 Å². The van der Waals surface area contributed by atoms with Crippen LogP contribution in [-0.4, -0.2) is 20.4 Å². The van der Waals surface area contributed by atoms with Gasteiger partial charge >= 0.3 is 0 Å². The molecule has 0 aliphatic rings. The highest BCUT2D eigenvalue weighted by Crippen LogP contribution is 2.17. The summed E-state index contributed by atoms with van der Waals surface area (Å²) >= 11 is 0. The van der Waals surface area contributed by atoms with Gasteiger partial charge in [0.1, 0.15) is 9.84 Å². The number of benzene rings is 1. The molecule has 1 aromatic rings. The van der Waals surface area contributed by atoms with E-state index in [1.165, 1.54) is 11.8 Å². The Bertz CT molecular complexity index is 440. The first kappa shape index (κ1) is 13.2. The molecule has 3 nitrogen and oxygen atoms in total. The molecule has 0 aliphatic carbocycles. The van der Waals surface area contributed by atoms with Crippen LogP contribution in [0.4, 0.5) is 0 Å². The summed E-state index contributed by atoms with van der Waals surface area (Å²) in [6.07, 6.45) is 2.58. The number of aryl methyl sites for hydroxylation is 1. The molecule has 0 saturated carbocycles. The van der Waals surface area contributed by atoms with Crippen LogP contribution in [0.25, 0.3) is 0 Å². The predicted octanol–water partition coefficient (Wildman–Crippen LogP) is 1.82. The first-order valence-corrected chi connectivity index (χ1v) is 7.44. The molecule has 0 fully saturated rings. The van der Waals surface area contributed by atoms with E-state index in [0.717, 1.165) is 5.56 Å². The molecule has 0 aliphatic heterocycles. The average molecular weight is 241 g/mol. The molecular weight excluding hydrogens is 222 g/mol. The largest absolute Gasteiger partial charge is 0.324 e. The predicted molar refractivity (Wildman–Crippen MR) is 67.1 cm³/mol. The Morgan fingerprint density at radius 1 is 1.38 bits per heavy atom. The van der Waals surface area contributed by atoms with Gasteiger partial charge in [-0.15, -0.1) is 0 Å². The molecular formula is C12H19NO2S. The zero-order chi connectivity index (χ0) is 12.2. The van der Waals surface area contributed by atoms with Gasteiger partial charge in [-0.3, -0.25) is 0 Å². The zero-order valence-corrected chi connectivity index (χ0v) is 10.6. The third kappa shape index (κ3) is 4.77. The lowest BCUT2D eigenvalue weighted by atomic mass is 10.0. The van der Waals surface area contributed by atoms with Crippen molar-refractivity contribution in [2.24, 2.45) is 5.73 Å². The summed E-state index contributed by atoms with van der Waals surface area (Å²) in [6, 6.07) is 7.96. The Labute approximate surface area is 97.6 Å². The zero-order valence-electron chi connectivity index (χ0n) is 9.81. The minimum Gasteiger partial charge on any atom is -0.324 e. The monoisotopic (exact) mass is 241 g/mol. The molecule has 0 amide bonds. The maximum Gasteiger partial charge on any atom is 0.147 e. The van der Waals surface area contributed by atoms with Crippen molar-refractivity contribution in [3.63, 3.8) is 0 Å². The van der Waals surface area contributed by atoms with Crippen LogP contribution in [0.1, 0.15) is 30.0 Å². The van der Waals surface area contributed by atoms with Crippen molar-refractivity contribution >= 4 is 9.84 Å². The average Bonchev–Trinajstić information content (AvgIpc) is 2.15. The van der Waals surface area contributed by atoms with Gasteiger partial charge in [0.25, 0.3) is 0 Å². The van der Waals surface area contributed by atoms with E-state index >= 15 is 0 Å². The maximum atomic E-state index is 11.0. The van der Waals surface area contributed by atoms with Crippen molar-refractivity contribution in [1.29, 1.82) is 0 Å². The number of hydrogen-bond acceptors (Lipinski definition) is 3. The van der Waals surface area contributed by atoms with Crippen molar-refractivity contribution in [1.82, 2.24) is 0 Å². The number of hydrogen-bond donors (Lipinski definition) is 1. The molecule has 4 heteroatoms. The fraction of sp³-hybridized carbons (Fsp3) is 0.500. The van der Waals surface area contributed by atoms with E-state index in [1.54, 1.807) is 0 Å². The quantitative estimate of drug-likeness (QED) is 0.855. The first-order chi connectivity index (χ1) is 7.38. The van der Waals surface area contributed by atoms with Crippen LogP contribution < -0.4 is 5.73 Å². The van der Waals surface area contributed by atoms with E-state index in [9.17, 15) is 8.42 Å². The van der Waals surface area contributed by atoms with Gasteiger partial charge in [0.15, 0.2) is 0 Å². The lowest BCUT2D eigenvalue weighted by molar-refractivity contribution is 0.588. The van der Waals surface area contributed by atoms with Crippen molar-refractivity contribution in [3.05, 3.63) is 35.4 Å². The third-order valence-electron chi connectivity index (χ3n) is 2.50. The Balaban J connectivity index is 2.50. The highest BCUT2D eigenvalue weighted by Gasteiger charge is 2.08. The summed E-state index contributed by atoms with van der Waals surface area (Å²) in [5, 5.41) is 0. The second-order valence-corrected chi connectivity index (χ2v) is 6.55. The molecule has 90 valence electrons. The molecule has 1 unspecified atom stereocenters. The second-order valence-electron chi connectivity index (χ2n) is 4.29. The van der Waals surface area contributed by atoms with Gasteiger partial charge < -0.3 is 5.73 Å². The van der Waals surface area contributed by atoms with Crippen LogP contribution in [0.2, 0.25) is 0 Å². The van der Waals surface area contributed by atoms with Crippen molar-refractivity contribution < 1.29 is 8.42 Å². The fourth-order valence-electron chi connectivity index (χ4n) is 1.63. The van der Waals surface area contributed by atoms with Crippen LogP contribution >= 0.6 is 0 Å². The summed E-state index contributed by atoms with van der Waals surface area (Å²) in [6.45, 7) is 2.02. The summed E-state index contributed by atoms with van der Waals surface area (Å²) < 4.78 is 21.9. The van der Waals surface area contributed by atoms with Crippen LogP contribution in [-0.2, 0) is 9.84 Å². The number of sulfone groups is 1. The summed E-state index contributed by atoms with van der Waals surface area (Å²) in [5.74, 6) is 0.215. The Morgan fingerprint density at radius 3 is 2.62 bits per heavy atom. The van der Waals surface area contributed by atoms with Crippen LogP contribution in [0.3, 0.4) is 0 Å². The molecule has 1 rings (SSSR count). The Kier molecular flexibility index (Phi) is 4.50. The smallest absolute Gasteiger partial charge is 0.147 e. The van der Waals surface area contributed by atoms with Crippen molar-refractivity contribution in [2.75, 3.05) is 12.0 Å². The molecule has 0 bridgehead atoms. The summed E-state index contributed by atoms with van der Waals surface area (Å²) in [4.78, 5) is 0. The molecule has 0 spiro atoms. The topological polar surface area (TPSA) is 60.2 Å². The minimum absolute atomic E-state index is 0.0679. The van der Waals surface area contributed by atoms with E-state index < -0.39 is 9.84 Å². The molecule has 0 aromatic heterocycles. The molecule has 0 saturated heterocycles. The van der Waals surface area contributed by atoms with Gasteiger partial charge in [-0.2, -0.15) is 0 Å². The first-order valence-electron chi connectivity index (χ1n) is 5.38. The second kappa shape index (κ2) is 5.46. The van der Waals surface area contributed by atoms with E-state index in [-0.39, 0.29) is 11.8 Å². The van der Waals surface area contributed by atoms with Crippen LogP contribution in [0.15, 0.2) is 24.3 Å². The van der Waals surface area contributed by atoms with Gasteiger partial charge in [-0.1, -0.05) is 29.8 Å². The molecule has 16 heavy (non-hydrogen) atoms. The fourth-order valence-corrected chi connectivity index (χ4v) is 2.32. The summed E-state index contributed by atoms with van der Waals surface area (Å²) in [7, 11) is -2.87. The molecule has 1 atom stereocenters. The molecule has 0 heterocycles. The highest BCUT2D eigenvalue weighted by molar-refractivity contribution is 7.90.